The Balaban J connectivity index is 1.53. The monoisotopic (exact) mass is 615 g/mol. The van der Waals surface area contributed by atoms with Gasteiger partial charge in [0.15, 0.2) is 0 Å². The number of H-pyrrole nitrogens is 2. The van der Waals surface area contributed by atoms with E-state index in [4.69, 9.17) is 4.98 Å². The molecule has 0 saturated heterocycles. The van der Waals surface area contributed by atoms with E-state index < -0.39 is 0 Å². The van der Waals surface area contributed by atoms with Crippen LogP contribution in [0.5, 0.6) is 0 Å². The maximum absolute atomic E-state index is 5.13. The van der Waals surface area contributed by atoms with Crippen molar-refractivity contribution in [1.29, 1.82) is 0 Å². The first kappa shape index (κ1) is 27.8. The van der Waals surface area contributed by atoms with Crippen molar-refractivity contribution in [3.8, 4) is 39.1 Å². The lowest BCUT2D eigenvalue weighted by Gasteiger charge is -2.07. The average molecular weight is 616 g/mol. The molecule has 48 heavy (non-hydrogen) atoms. The lowest BCUT2D eigenvalue weighted by molar-refractivity contribution is -0.595. The maximum atomic E-state index is 5.13. The quantitative estimate of drug-likeness (QED) is 0.190. The second-order valence-electron chi connectivity index (χ2n) is 12.0. The van der Waals surface area contributed by atoms with Crippen LogP contribution in [0.25, 0.3) is 85.4 Å². The van der Waals surface area contributed by atoms with Crippen molar-refractivity contribution in [1.82, 2.24) is 15.0 Å². The van der Waals surface area contributed by atoms with Gasteiger partial charge in [0.05, 0.1) is 33.5 Å². The number of rotatable bonds is 4. The molecule has 8 bridgehead atoms. The van der Waals surface area contributed by atoms with E-state index in [1.54, 1.807) is 0 Å². The van der Waals surface area contributed by atoms with Crippen molar-refractivity contribution in [3.05, 3.63) is 174 Å². The molecule has 0 amide bonds. The maximum Gasteiger partial charge on any atom is 0.221 e. The molecular formula is C44H31N4+. The van der Waals surface area contributed by atoms with Gasteiger partial charge in [-0.3, -0.25) is 0 Å². The lowest BCUT2D eigenvalue weighted by Crippen LogP contribution is -2.35. The SMILES string of the molecule is C1=Cc2nc1cc1ccc([nH]1)c(-c1ccccc1)c1[n+](-c3ccccc3)c(c(-c3ccccc3)c3ccc([nH]3)c2-c2ccccc2)C=C1. The summed E-state index contributed by atoms with van der Waals surface area (Å²) in [6.45, 7) is 0. The number of para-hydroxylation sites is 1. The Morgan fingerprint density at radius 2 is 0.896 bits per heavy atom. The topological polar surface area (TPSA) is 48.4 Å². The summed E-state index contributed by atoms with van der Waals surface area (Å²) in [5.74, 6) is 0. The van der Waals surface area contributed by atoms with Crippen molar-refractivity contribution in [3.63, 3.8) is 0 Å². The summed E-state index contributed by atoms with van der Waals surface area (Å²) in [7, 11) is 0. The van der Waals surface area contributed by atoms with Gasteiger partial charge in [-0.25, -0.2) is 4.98 Å². The summed E-state index contributed by atoms with van der Waals surface area (Å²) in [6.07, 6.45) is 8.73. The average Bonchev–Trinajstić information content (AvgIpc) is 3.97. The van der Waals surface area contributed by atoms with Crippen molar-refractivity contribution >= 4 is 46.4 Å². The molecule has 9 rings (SSSR count). The molecule has 0 unspecified atom stereocenters. The normalized spacial score (nSPS) is 12.0. The largest absolute Gasteiger partial charge is 0.355 e. The zero-order chi connectivity index (χ0) is 31.9. The van der Waals surface area contributed by atoms with Crippen LogP contribution in [-0.4, -0.2) is 15.0 Å². The molecule has 2 aliphatic heterocycles. The van der Waals surface area contributed by atoms with Crippen LogP contribution in [0.3, 0.4) is 0 Å². The van der Waals surface area contributed by atoms with Crippen LogP contribution in [0.1, 0.15) is 22.8 Å². The summed E-state index contributed by atoms with van der Waals surface area (Å²) < 4.78 is 2.40. The summed E-state index contributed by atoms with van der Waals surface area (Å²) in [4.78, 5) is 12.7. The molecule has 0 radical (unpaired) electrons. The molecule has 3 aromatic heterocycles. The fraction of sp³-hybridized carbons (Fsp3) is 0. The van der Waals surface area contributed by atoms with Crippen LogP contribution >= 0.6 is 0 Å². The van der Waals surface area contributed by atoms with Gasteiger partial charge in [0, 0.05) is 40.9 Å². The second-order valence-corrected chi connectivity index (χ2v) is 12.0. The standard InChI is InChI=1S/C44H30N4/c1-5-13-30(14-6-1)42-36-23-21-33(45-36)29-34-22-24-38(46-34)43(31-15-7-2-8-16-31)40-27-28-41(48(40)35-19-11-4-12-20-35)44(32-17-9-3-10-18-32)39-26-25-37(42)47-39/h1-29H,(H,45,46,47)/p+1. The van der Waals surface area contributed by atoms with E-state index in [1.165, 1.54) is 0 Å². The molecule has 0 atom stereocenters. The molecular weight excluding hydrogens is 585 g/mol. The fourth-order valence-corrected chi connectivity index (χ4v) is 6.91. The first-order valence-electron chi connectivity index (χ1n) is 16.2. The molecule has 7 aromatic rings. The van der Waals surface area contributed by atoms with E-state index in [1.807, 2.05) is 0 Å². The molecule has 0 saturated carbocycles. The minimum atomic E-state index is 0.901. The highest BCUT2D eigenvalue weighted by Crippen LogP contribution is 2.36. The zero-order valence-electron chi connectivity index (χ0n) is 26.1. The molecule has 4 heteroatoms. The van der Waals surface area contributed by atoms with Crippen LogP contribution in [0.4, 0.5) is 0 Å². The van der Waals surface area contributed by atoms with Gasteiger partial charge in [0.2, 0.25) is 17.1 Å². The third-order valence-electron chi connectivity index (χ3n) is 9.02. The predicted octanol–water partition coefficient (Wildman–Crippen LogP) is 10.5. The minimum absolute atomic E-state index is 0.901. The molecule has 2 aliphatic rings. The molecule has 0 fully saturated rings. The number of nitrogens with one attached hydrogen (secondary N) is 2. The van der Waals surface area contributed by atoms with E-state index in [2.05, 4.69) is 190 Å². The lowest BCUT2D eigenvalue weighted by atomic mass is 10.0. The number of aromatic nitrogens is 4. The van der Waals surface area contributed by atoms with Gasteiger partial charge in [-0.2, -0.15) is 4.57 Å². The van der Waals surface area contributed by atoms with Crippen molar-refractivity contribution in [2.45, 2.75) is 0 Å². The van der Waals surface area contributed by atoms with Gasteiger partial charge >= 0.3 is 0 Å². The highest BCUT2D eigenvalue weighted by Gasteiger charge is 2.29. The number of aromatic amines is 2. The molecule has 4 nitrogen and oxygen atoms in total. The third-order valence-corrected chi connectivity index (χ3v) is 9.02. The Hall–Kier alpha value is -6.52. The third kappa shape index (κ3) is 4.88. The molecule has 5 heterocycles. The number of nitrogens with zero attached hydrogens (tertiary/aromatic N) is 2. The van der Waals surface area contributed by atoms with E-state index >= 15 is 0 Å². The van der Waals surface area contributed by atoms with Crippen LogP contribution in [-0.2, 0) is 0 Å². The van der Waals surface area contributed by atoms with Crippen molar-refractivity contribution in [2.75, 3.05) is 0 Å². The van der Waals surface area contributed by atoms with Gasteiger partial charge in [0.1, 0.15) is 0 Å². The van der Waals surface area contributed by atoms with Crippen LogP contribution in [0.2, 0.25) is 0 Å². The molecule has 226 valence electrons. The number of hydrogen-bond donors (Lipinski definition) is 2. The molecule has 0 aliphatic carbocycles. The van der Waals surface area contributed by atoms with Gasteiger partial charge in [-0.05, 0) is 59.2 Å². The van der Waals surface area contributed by atoms with Crippen LogP contribution in [0, 0.1) is 0 Å². The second kappa shape index (κ2) is 11.7. The molecule has 0 spiro atoms. The van der Waals surface area contributed by atoms with Crippen LogP contribution in [0.15, 0.2) is 152 Å². The van der Waals surface area contributed by atoms with E-state index in [0.29, 0.717) is 0 Å². The first-order valence-corrected chi connectivity index (χ1v) is 16.2. The summed E-state index contributed by atoms with van der Waals surface area (Å²) in [6, 6.07) is 53.3. The highest BCUT2D eigenvalue weighted by atomic mass is 15.0. The summed E-state index contributed by atoms with van der Waals surface area (Å²) in [5.41, 5.74) is 15.8. The Morgan fingerprint density at radius 1 is 0.417 bits per heavy atom. The van der Waals surface area contributed by atoms with Gasteiger partial charge in [-0.15, -0.1) is 0 Å². The van der Waals surface area contributed by atoms with Gasteiger partial charge in [-0.1, -0.05) is 109 Å². The smallest absolute Gasteiger partial charge is 0.221 e. The number of hydrogen-bond acceptors (Lipinski definition) is 1. The van der Waals surface area contributed by atoms with Gasteiger partial charge < -0.3 is 9.97 Å². The Bertz CT molecular complexity index is 2520. The Morgan fingerprint density at radius 3 is 1.48 bits per heavy atom. The number of fused-ring (bicyclic) bond motifs is 8. The van der Waals surface area contributed by atoms with Crippen molar-refractivity contribution in [2.24, 2.45) is 0 Å². The summed E-state index contributed by atoms with van der Waals surface area (Å²) in [5, 5.41) is 0. The van der Waals surface area contributed by atoms with Gasteiger partial charge in [0.25, 0.3) is 0 Å². The fourth-order valence-electron chi connectivity index (χ4n) is 6.91. The molecule has 2 N–H and O–H groups in total. The first-order chi connectivity index (χ1) is 23.8. The van der Waals surface area contributed by atoms with E-state index in [9.17, 15) is 0 Å². The zero-order valence-corrected chi connectivity index (χ0v) is 26.1. The Kier molecular flexibility index (Phi) is 6.76. The van der Waals surface area contributed by atoms with Crippen LogP contribution < -0.4 is 4.57 Å². The minimum Gasteiger partial charge on any atom is -0.355 e. The molecule has 4 aromatic carbocycles. The predicted molar refractivity (Wildman–Crippen MR) is 199 cm³/mol. The van der Waals surface area contributed by atoms with E-state index in [-0.39, 0.29) is 0 Å². The van der Waals surface area contributed by atoms with E-state index in [0.717, 1.165) is 83.9 Å². The highest BCUT2D eigenvalue weighted by molar-refractivity contribution is 5.96. The summed E-state index contributed by atoms with van der Waals surface area (Å²) >= 11 is 0. The Labute approximate surface area is 278 Å². The van der Waals surface area contributed by atoms with Crippen molar-refractivity contribution < 1.29 is 4.57 Å². The number of benzene rings is 4.